The Kier molecular flexibility index (Phi) is 6.37. The number of amides is 1. The van der Waals surface area contributed by atoms with E-state index < -0.39 is 5.41 Å². The smallest absolute Gasteiger partial charge is 0.230 e. The van der Waals surface area contributed by atoms with Gasteiger partial charge in [-0.1, -0.05) is 52.9 Å². The minimum Gasteiger partial charge on any atom is -0.496 e. The van der Waals surface area contributed by atoms with E-state index in [4.69, 9.17) is 4.74 Å². The van der Waals surface area contributed by atoms with Gasteiger partial charge in [-0.25, -0.2) is 4.39 Å². The van der Waals surface area contributed by atoms with Gasteiger partial charge in [-0.2, -0.15) is 0 Å². The number of nitrogens with zero attached hydrogens (tertiary/aromatic N) is 1. The first-order valence-electron chi connectivity index (χ1n) is 8.91. The lowest BCUT2D eigenvalue weighted by Crippen LogP contribution is -2.39. The van der Waals surface area contributed by atoms with E-state index in [2.05, 4.69) is 22.6 Å². The van der Waals surface area contributed by atoms with Gasteiger partial charge in [0, 0.05) is 29.2 Å². The van der Waals surface area contributed by atoms with Gasteiger partial charge in [0.05, 0.1) is 12.5 Å². The van der Waals surface area contributed by atoms with Crippen molar-refractivity contribution in [2.24, 2.45) is 5.41 Å². The molecular weight excluding hydrogens is 460 g/mol. The normalized spacial score (nSPS) is 22.3. The largest absolute Gasteiger partial charge is 0.496 e. The number of rotatable bonds is 7. The summed E-state index contributed by atoms with van der Waals surface area (Å²) in [4.78, 5) is 15.2. The molecule has 1 saturated heterocycles. The first-order chi connectivity index (χ1) is 13.0. The summed E-state index contributed by atoms with van der Waals surface area (Å²) in [6.45, 7) is 1.02. The van der Waals surface area contributed by atoms with Gasteiger partial charge >= 0.3 is 0 Å². The molecule has 2 unspecified atom stereocenters. The van der Waals surface area contributed by atoms with Crippen LogP contribution in [0.2, 0.25) is 0 Å². The van der Waals surface area contributed by atoms with E-state index in [0.29, 0.717) is 25.9 Å². The van der Waals surface area contributed by atoms with Crippen LogP contribution in [0, 0.1) is 11.2 Å². The molecule has 1 aliphatic heterocycles. The fourth-order valence-electron chi connectivity index (χ4n) is 3.78. The topological polar surface area (TPSA) is 49.8 Å². The summed E-state index contributed by atoms with van der Waals surface area (Å²) < 4.78 is 18.7. The molecular formula is C21H23FINO3. The second-order valence-electron chi connectivity index (χ2n) is 6.90. The van der Waals surface area contributed by atoms with Gasteiger partial charge in [-0.05, 0) is 36.6 Å². The van der Waals surface area contributed by atoms with Gasteiger partial charge in [-0.3, -0.25) is 4.79 Å². The maximum Gasteiger partial charge on any atom is 0.230 e. The van der Waals surface area contributed by atoms with Gasteiger partial charge in [0.2, 0.25) is 5.91 Å². The number of para-hydroxylation sites is 1. The molecule has 4 nitrogen and oxygen atoms in total. The van der Waals surface area contributed by atoms with E-state index in [1.807, 2.05) is 29.2 Å². The van der Waals surface area contributed by atoms with Crippen molar-refractivity contribution in [3.63, 3.8) is 0 Å². The summed E-state index contributed by atoms with van der Waals surface area (Å²) in [5.74, 6) is 0.496. The molecule has 1 heterocycles. The van der Waals surface area contributed by atoms with Gasteiger partial charge in [0.1, 0.15) is 11.6 Å². The van der Waals surface area contributed by atoms with E-state index in [0.717, 1.165) is 16.9 Å². The van der Waals surface area contributed by atoms with E-state index in [1.165, 1.54) is 12.1 Å². The molecule has 27 heavy (non-hydrogen) atoms. The highest BCUT2D eigenvalue weighted by molar-refractivity contribution is 14.1. The van der Waals surface area contributed by atoms with Crippen LogP contribution >= 0.6 is 22.6 Å². The van der Waals surface area contributed by atoms with Crippen molar-refractivity contribution >= 4 is 28.5 Å². The lowest BCUT2D eigenvalue weighted by atomic mass is 9.77. The predicted molar refractivity (Wildman–Crippen MR) is 110 cm³/mol. The van der Waals surface area contributed by atoms with Crippen LogP contribution in [0.15, 0.2) is 48.5 Å². The van der Waals surface area contributed by atoms with E-state index in [-0.39, 0.29) is 22.3 Å². The molecule has 1 amide bonds. The van der Waals surface area contributed by atoms with Crippen molar-refractivity contribution in [1.29, 1.82) is 0 Å². The highest BCUT2D eigenvalue weighted by Crippen LogP contribution is 2.44. The van der Waals surface area contributed by atoms with Crippen molar-refractivity contribution in [2.75, 3.05) is 20.3 Å². The number of carbonyl (C=O) groups excluding carboxylic acids is 1. The summed E-state index contributed by atoms with van der Waals surface area (Å²) in [5.41, 5.74) is 1.17. The molecule has 0 aliphatic carbocycles. The second kappa shape index (κ2) is 8.56. The molecule has 3 rings (SSSR count). The average molecular weight is 483 g/mol. The molecule has 2 atom stereocenters. The van der Waals surface area contributed by atoms with E-state index in [9.17, 15) is 14.3 Å². The van der Waals surface area contributed by atoms with Gasteiger partial charge in [0.15, 0.2) is 0 Å². The Bertz CT molecular complexity index is 798. The van der Waals surface area contributed by atoms with Gasteiger partial charge in [-0.15, -0.1) is 0 Å². The first kappa shape index (κ1) is 20.1. The minimum atomic E-state index is -0.685. The highest BCUT2D eigenvalue weighted by atomic mass is 127. The lowest BCUT2D eigenvalue weighted by molar-refractivity contribution is -0.137. The van der Waals surface area contributed by atoms with E-state index >= 15 is 0 Å². The molecule has 1 aliphatic rings. The van der Waals surface area contributed by atoms with Gasteiger partial charge in [0.25, 0.3) is 0 Å². The van der Waals surface area contributed by atoms with Crippen LogP contribution in [0.3, 0.4) is 0 Å². The van der Waals surface area contributed by atoms with Crippen LogP contribution in [0.4, 0.5) is 4.39 Å². The number of benzene rings is 2. The predicted octanol–water partition coefficient (Wildman–Crippen LogP) is 3.59. The number of likely N-dealkylation sites (tertiary alicyclic amines) is 1. The number of aliphatic hydroxyl groups excluding tert-OH is 1. The number of methoxy groups -OCH3 is 1. The number of hydrogen-bond acceptors (Lipinski definition) is 3. The average Bonchev–Trinajstić information content (AvgIpc) is 2.89. The van der Waals surface area contributed by atoms with Crippen LogP contribution in [0.5, 0.6) is 5.75 Å². The maximum atomic E-state index is 13.4. The zero-order valence-corrected chi connectivity index (χ0v) is 17.4. The molecule has 0 radical (unpaired) electrons. The van der Waals surface area contributed by atoms with Crippen molar-refractivity contribution in [3.05, 3.63) is 65.5 Å². The Morgan fingerprint density at radius 2 is 1.96 bits per heavy atom. The number of carbonyl (C=O) groups is 1. The third-order valence-electron chi connectivity index (χ3n) is 5.24. The molecule has 0 bridgehead atoms. The number of ether oxygens (including phenoxy) is 1. The summed E-state index contributed by atoms with van der Waals surface area (Å²) in [7, 11) is 1.62. The van der Waals surface area contributed by atoms with Crippen molar-refractivity contribution < 1.29 is 19.0 Å². The maximum absolute atomic E-state index is 13.4. The quantitative estimate of drug-likeness (QED) is 0.484. The number of halogens is 2. The lowest BCUT2D eigenvalue weighted by Gasteiger charge is -2.30. The fraction of sp³-hybridized carbons (Fsp3) is 0.381. The summed E-state index contributed by atoms with van der Waals surface area (Å²) in [6, 6.07) is 13.9. The first-order valence-corrected chi connectivity index (χ1v) is 10.2. The number of alkyl halides is 1. The van der Waals surface area contributed by atoms with Crippen molar-refractivity contribution in [3.8, 4) is 5.75 Å². The Hall–Kier alpha value is -1.67. The second-order valence-corrected chi connectivity index (χ2v) is 8.40. The molecule has 6 heteroatoms. The molecule has 0 saturated carbocycles. The van der Waals surface area contributed by atoms with Crippen LogP contribution in [0.25, 0.3) is 0 Å². The molecule has 1 N–H and O–H groups in total. The Morgan fingerprint density at radius 1 is 1.26 bits per heavy atom. The Balaban J connectivity index is 1.86. The van der Waals surface area contributed by atoms with Crippen molar-refractivity contribution in [1.82, 2.24) is 4.90 Å². The SMILES string of the molecule is COc1ccccc1CN1CC(I)C(CCO)(Cc2ccc(F)cc2)C1=O. The zero-order valence-electron chi connectivity index (χ0n) is 15.2. The molecule has 1 fully saturated rings. The summed E-state index contributed by atoms with van der Waals surface area (Å²) >= 11 is 2.32. The molecule has 2 aromatic carbocycles. The monoisotopic (exact) mass is 483 g/mol. The fourth-order valence-corrected chi connectivity index (χ4v) is 5.05. The molecule has 2 aromatic rings. The van der Waals surface area contributed by atoms with Crippen LogP contribution in [0.1, 0.15) is 17.5 Å². The molecule has 0 aromatic heterocycles. The minimum absolute atomic E-state index is 0.0335. The standard InChI is InChI=1S/C21H23FINO3/c1-27-18-5-3-2-4-16(18)13-24-14-19(23)21(10-11-25,20(24)26)12-15-6-8-17(22)9-7-15/h2-9,19,25H,10-14H2,1H3. The molecule has 0 spiro atoms. The Labute approximate surface area is 172 Å². The molecule has 144 valence electrons. The third kappa shape index (κ3) is 4.11. The van der Waals surface area contributed by atoms with Crippen LogP contribution in [-0.2, 0) is 17.8 Å². The van der Waals surface area contributed by atoms with Crippen LogP contribution in [-0.4, -0.2) is 40.1 Å². The van der Waals surface area contributed by atoms with Crippen LogP contribution < -0.4 is 4.74 Å². The number of hydrogen-bond donors (Lipinski definition) is 1. The van der Waals surface area contributed by atoms with Crippen molar-refractivity contribution in [2.45, 2.75) is 23.3 Å². The number of aliphatic hydroxyl groups is 1. The Morgan fingerprint density at radius 3 is 2.63 bits per heavy atom. The summed E-state index contributed by atoms with van der Waals surface area (Å²) in [6.07, 6.45) is 0.877. The third-order valence-corrected chi connectivity index (χ3v) is 6.82. The van der Waals surface area contributed by atoms with E-state index in [1.54, 1.807) is 19.2 Å². The summed E-state index contributed by atoms with van der Waals surface area (Å²) in [5, 5.41) is 9.65. The highest BCUT2D eigenvalue weighted by Gasteiger charge is 2.52. The van der Waals surface area contributed by atoms with Gasteiger partial charge < -0.3 is 14.7 Å². The zero-order chi connectivity index (χ0) is 19.4.